The summed E-state index contributed by atoms with van der Waals surface area (Å²) in [6, 6.07) is 16.4. The van der Waals surface area contributed by atoms with E-state index in [0.717, 1.165) is 30.3 Å². The molecule has 0 radical (unpaired) electrons. The Labute approximate surface area is 256 Å². The fourth-order valence-electron chi connectivity index (χ4n) is 6.30. The fraction of sp³-hybridized carbons (Fsp3) is 0.394. The lowest BCUT2D eigenvalue weighted by Crippen LogP contribution is -2.33. The predicted octanol–water partition coefficient (Wildman–Crippen LogP) is 4.94. The Hall–Kier alpha value is -4.06. The van der Waals surface area contributed by atoms with E-state index in [-0.39, 0.29) is 35.7 Å². The van der Waals surface area contributed by atoms with Gasteiger partial charge in [-0.1, -0.05) is 37.8 Å². The second-order valence-corrected chi connectivity index (χ2v) is 18.8. The molecule has 2 aliphatic heterocycles. The number of nitrogens with one attached hydrogen (secondary N) is 1. The SMILES string of the molecule is C[C@@H]1CC2CN1CCn1[nH]c3c(cccc3c1=O)-c1nc3c(cc(-c4ccccn4)cc3n(COCC[Si](C)(C)C)c1=O)O2. The first kappa shape index (κ1) is 28.7. The van der Waals surface area contributed by atoms with Gasteiger partial charge in [0.25, 0.3) is 11.1 Å². The molecule has 0 amide bonds. The number of para-hydroxylation sites is 1. The molecule has 0 aliphatic carbocycles. The highest BCUT2D eigenvalue weighted by Crippen LogP contribution is 2.35. The van der Waals surface area contributed by atoms with Crippen LogP contribution in [0.25, 0.3) is 44.5 Å². The van der Waals surface area contributed by atoms with Crippen LogP contribution in [0, 0.1) is 0 Å². The van der Waals surface area contributed by atoms with Crippen LogP contribution in [-0.4, -0.2) is 69.1 Å². The van der Waals surface area contributed by atoms with Gasteiger partial charge in [0.15, 0.2) is 0 Å². The molecule has 1 N–H and O–H groups in total. The molecule has 228 valence electrons. The van der Waals surface area contributed by atoms with Gasteiger partial charge < -0.3 is 9.47 Å². The minimum absolute atomic E-state index is 0.0716. The number of ether oxygens (including phenoxy) is 2. The molecule has 0 spiro atoms. The summed E-state index contributed by atoms with van der Waals surface area (Å²) in [5, 5.41) is 3.85. The number of aromatic amines is 1. The maximum absolute atomic E-state index is 14.4. The first-order chi connectivity index (χ1) is 21.2. The molecule has 0 saturated carbocycles. The first-order valence-corrected chi connectivity index (χ1v) is 19.1. The van der Waals surface area contributed by atoms with Crippen LogP contribution in [0.4, 0.5) is 0 Å². The molecule has 3 aromatic heterocycles. The molecular formula is C33H38N6O4Si. The van der Waals surface area contributed by atoms with Crippen molar-refractivity contribution in [2.75, 3.05) is 19.7 Å². The van der Waals surface area contributed by atoms with E-state index in [1.54, 1.807) is 21.5 Å². The first-order valence-electron chi connectivity index (χ1n) is 15.4. The zero-order valence-electron chi connectivity index (χ0n) is 25.7. The van der Waals surface area contributed by atoms with E-state index in [1.807, 2.05) is 42.5 Å². The van der Waals surface area contributed by atoms with E-state index in [9.17, 15) is 9.59 Å². The van der Waals surface area contributed by atoms with Crippen molar-refractivity contribution >= 4 is 30.0 Å². The van der Waals surface area contributed by atoms with Gasteiger partial charge in [0, 0.05) is 57.6 Å². The van der Waals surface area contributed by atoms with Gasteiger partial charge in [-0.15, -0.1) is 0 Å². The molecule has 5 heterocycles. The van der Waals surface area contributed by atoms with Crippen LogP contribution < -0.4 is 15.9 Å². The Morgan fingerprint density at radius 2 is 1.93 bits per heavy atom. The number of hydrogen-bond donors (Lipinski definition) is 1. The van der Waals surface area contributed by atoms with Crippen LogP contribution >= 0.6 is 0 Å². The van der Waals surface area contributed by atoms with Gasteiger partial charge in [0.2, 0.25) is 0 Å². The van der Waals surface area contributed by atoms with Gasteiger partial charge in [-0.25, -0.2) is 4.98 Å². The minimum Gasteiger partial charge on any atom is -0.487 e. The van der Waals surface area contributed by atoms with E-state index < -0.39 is 8.07 Å². The monoisotopic (exact) mass is 610 g/mol. The molecule has 44 heavy (non-hydrogen) atoms. The Balaban J connectivity index is 1.49. The molecule has 2 aromatic carbocycles. The number of pyridine rings is 1. The second-order valence-electron chi connectivity index (χ2n) is 13.2. The zero-order valence-corrected chi connectivity index (χ0v) is 26.7. The topological polar surface area (TPSA) is 107 Å². The fourth-order valence-corrected chi connectivity index (χ4v) is 7.06. The molecule has 1 saturated heterocycles. The lowest BCUT2D eigenvalue weighted by Gasteiger charge is -2.21. The highest BCUT2D eigenvalue weighted by Gasteiger charge is 2.32. The van der Waals surface area contributed by atoms with Crippen LogP contribution in [0.3, 0.4) is 0 Å². The highest BCUT2D eigenvalue weighted by atomic mass is 28.3. The van der Waals surface area contributed by atoms with Crippen molar-refractivity contribution in [1.82, 2.24) is 29.2 Å². The van der Waals surface area contributed by atoms with Crippen LogP contribution in [0.1, 0.15) is 13.3 Å². The molecule has 7 rings (SSSR count). The number of rotatable bonds is 6. The summed E-state index contributed by atoms with van der Waals surface area (Å²) >= 11 is 0. The summed E-state index contributed by atoms with van der Waals surface area (Å²) in [6.07, 6.45) is 2.52. The average molecular weight is 611 g/mol. The number of hydrogen-bond acceptors (Lipinski definition) is 7. The Bertz CT molecular complexity index is 1980. The van der Waals surface area contributed by atoms with Crippen LogP contribution in [0.5, 0.6) is 5.75 Å². The van der Waals surface area contributed by atoms with Crippen molar-refractivity contribution in [1.29, 1.82) is 0 Å². The number of nitrogens with zero attached hydrogens (tertiary/aromatic N) is 5. The van der Waals surface area contributed by atoms with Gasteiger partial charge >= 0.3 is 0 Å². The zero-order chi connectivity index (χ0) is 30.6. The molecule has 3 atom stereocenters. The quantitative estimate of drug-likeness (QED) is 0.215. The maximum Gasteiger partial charge on any atom is 0.279 e. The standard InChI is InChI=1S/C33H38N6O4Si/c1-21-16-23-19-37(21)12-13-39-32(40)25-9-7-8-24(29(25)36-39)30-33(41)38(20-42-14-15-44(2,3)4)27-17-22(26-10-5-6-11-34-26)18-28(43-23)31(27)35-30/h5-11,17-18,21,23,36H,12-16,19-20H2,1-4H3/t21-,23?/m1/s1. The third-order valence-electron chi connectivity index (χ3n) is 8.81. The predicted molar refractivity (Wildman–Crippen MR) is 175 cm³/mol. The van der Waals surface area contributed by atoms with Gasteiger partial charge in [-0.05, 0) is 43.3 Å². The van der Waals surface area contributed by atoms with Gasteiger partial charge in [-0.2, -0.15) is 0 Å². The lowest BCUT2D eigenvalue weighted by molar-refractivity contribution is 0.0878. The van der Waals surface area contributed by atoms with Crippen molar-refractivity contribution in [3.63, 3.8) is 0 Å². The van der Waals surface area contributed by atoms with Gasteiger partial charge in [0.1, 0.15) is 29.8 Å². The minimum atomic E-state index is -1.34. The normalized spacial score (nSPS) is 20.0. The maximum atomic E-state index is 14.4. The summed E-state index contributed by atoms with van der Waals surface area (Å²) < 4.78 is 16.3. The van der Waals surface area contributed by atoms with Crippen LogP contribution in [0.15, 0.2) is 64.3 Å². The number of benzene rings is 2. The number of H-pyrrole nitrogens is 1. The van der Waals surface area contributed by atoms with E-state index in [0.29, 0.717) is 52.9 Å². The number of fused-ring (bicyclic) bond motifs is 5. The van der Waals surface area contributed by atoms with E-state index in [1.165, 1.54) is 0 Å². The molecule has 2 aliphatic rings. The van der Waals surface area contributed by atoms with Crippen molar-refractivity contribution in [2.45, 2.75) is 64.5 Å². The van der Waals surface area contributed by atoms with Crippen molar-refractivity contribution in [2.24, 2.45) is 0 Å². The molecule has 1 fully saturated rings. The lowest BCUT2D eigenvalue weighted by atomic mass is 10.1. The summed E-state index contributed by atoms with van der Waals surface area (Å²) in [7, 11) is -1.34. The third kappa shape index (κ3) is 5.29. The van der Waals surface area contributed by atoms with E-state index in [2.05, 4.69) is 41.5 Å². The summed E-state index contributed by atoms with van der Waals surface area (Å²) in [5.41, 5.74) is 3.86. The molecule has 11 heteroatoms. The summed E-state index contributed by atoms with van der Waals surface area (Å²) in [6.45, 7) is 11.7. The molecule has 5 aromatic rings. The van der Waals surface area contributed by atoms with Crippen LogP contribution in [-0.2, 0) is 18.0 Å². The summed E-state index contributed by atoms with van der Waals surface area (Å²) in [5.74, 6) is 0.606. The van der Waals surface area contributed by atoms with E-state index >= 15 is 0 Å². The highest BCUT2D eigenvalue weighted by molar-refractivity contribution is 6.76. The van der Waals surface area contributed by atoms with Gasteiger partial charge in [-0.3, -0.25) is 33.8 Å². The third-order valence-corrected chi connectivity index (χ3v) is 10.5. The Kier molecular flexibility index (Phi) is 7.26. The van der Waals surface area contributed by atoms with Crippen LogP contribution in [0.2, 0.25) is 25.7 Å². The second kappa shape index (κ2) is 11.1. The molecule has 2 unspecified atom stereocenters. The smallest absolute Gasteiger partial charge is 0.279 e. The van der Waals surface area contributed by atoms with Gasteiger partial charge in [0.05, 0.1) is 28.7 Å². The number of aromatic nitrogens is 5. The Morgan fingerprint density at radius 3 is 2.73 bits per heavy atom. The molecular weight excluding hydrogens is 572 g/mol. The largest absolute Gasteiger partial charge is 0.487 e. The van der Waals surface area contributed by atoms with Crippen molar-refractivity contribution in [3.8, 4) is 28.3 Å². The average Bonchev–Trinajstić information content (AvgIpc) is 3.52. The molecule has 10 nitrogen and oxygen atoms in total. The summed E-state index contributed by atoms with van der Waals surface area (Å²) in [4.78, 5) is 39.8. The van der Waals surface area contributed by atoms with Crippen molar-refractivity contribution in [3.05, 3.63) is 75.4 Å². The van der Waals surface area contributed by atoms with E-state index in [4.69, 9.17) is 14.5 Å². The van der Waals surface area contributed by atoms with Crippen molar-refractivity contribution < 1.29 is 9.47 Å². The molecule has 6 bridgehead atoms. The Morgan fingerprint density at radius 1 is 1.07 bits per heavy atom.